The normalized spacial score (nSPS) is 20.4. The molecule has 2 aromatic carbocycles. The number of carbonyl (C=O) groups excluding carboxylic acids is 1. The van der Waals surface area contributed by atoms with Crippen LogP contribution in [0.15, 0.2) is 48.5 Å². The number of amides is 1. The van der Waals surface area contributed by atoms with Crippen molar-refractivity contribution in [3.63, 3.8) is 0 Å². The van der Waals surface area contributed by atoms with E-state index in [4.69, 9.17) is 6.42 Å². The zero-order chi connectivity index (χ0) is 22.1. The topological polar surface area (TPSA) is 48.1 Å². The molecule has 4 heteroatoms. The van der Waals surface area contributed by atoms with E-state index in [1.807, 2.05) is 4.90 Å². The number of para-hydroxylation sites is 1. The summed E-state index contributed by atoms with van der Waals surface area (Å²) in [6.45, 7) is 2.19. The quantitative estimate of drug-likeness (QED) is 0.491. The highest BCUT2D eigenvalue weighted by molar-refractivity contribution is 5.94. The molecule has 2 aliphatic rings. The monoisotopic (exact) mass is 425 g/mol. The molecule has 0 spiro atoms. The highest BCUT2D eigenvalue weighted by atomic mass is 16.2. The van der Waals surface area contributed by atoms with Crippen LogP contribution >= 0.6 is 0 Å². The van der Waals surface area contributed by atoms with Crippen molar-refractivity contribution in [2.24, 2.45) is 0 Å². The van der Waals surface area contributed by atoms with Crippen molar-refractivity contribution >= 4 is 22.5 Å². The van der Waals surface area contributed by atoms with Gasteiger partial charge in [-0.05, 0) is 67.4 Å². The average molecular weight is 426 g/mol. The van der Waals surface area contributed by atoms with Gasteiger partial charge in [0.15, 0.2) is 0 Å². The number of hydrogen-bond acceptors (Lipinski definition) is 2. The van der Waals surface area contributed by atoms with E-state index < -0.39 is 0 Å². The highest BCUT2D eigenvalue weighted by Gasteiger charge is 2.39. The Balaban J connectivity index is 1.59. The molecule has 1 fully saturated rings. The molecule has 164 valence electrons. The Morgan fingerprint density at radius 2 is 1.97 bits per heavy atom. The Morgan fingerprint density at radius 3 is 2.66 bits per heavy atom. The first-order valence-electron chi connectivity index (χ1n) is 11.9. The lowest BCUT2D eigenvalue weighted by Gasteiger charge is -2.41. The maximum Gasteiger partial charge on any atom is 0.299 e. The Hall–Kier alpha value is -3.19. The van der Waals surface area contributed by atoms with Crippen molar-refractivity contribution in [1.29, 1.82) is 0 Å². The van der Waals surface area contributed by atoms with Crippen LogP contribution in [-0.2, 0) is 11.2 Å². The molecule has 1 aliphatic heterocycles. The van der Waals surface area contributed by atoms with E-state index in [0.29, 0.717) is 6.04 Å². The van der Waals surface area contributed by atoms with Gasteiger partial charge in [0, 0.05) is 34.4 Å². The molecular weight excluding hydrogens is 394 g/mol. The fourth-order valence-electron chi connectivity index (χ4n) is 5.27. The molecule has 0 saturated heterocycles. The molecule has 5 rings (SSSR count). The third kappa shape index (κ3) is 3.66. The number of anilines is 1. The summed E-state index contributed by atoms with van der Waals surface area (Å²) in [6, 6.07) is 17.5. The minimum atomic E-state index is -0.225. The molecule has 1 saturated carbocycles. The predicted molar refractivity (Wildman–Crippen MR) is 131 cm³/mol. The molecule has 1 amide bonds. The summed E-state index contributed by atoms with van der Waals surface area (Å²) < 4.78 is 0. The van der Waals surface area contributed by atoms with Crippen molar-refractivity contribution in [2.75, 3.05) is 5.32 Å². The third-order valence-electron chi connectivity index (χ3n) is 7.18. The number of hydrogen-bond donors (Lipinski definition) is 2. The lowest BCUT2D eigenvalue weighted by molar-refractivity contribution is -0.130. The second-order valence-electron chi connectivity index (χ2n) is 9.22. The zero-order valence-corrected chi connectivity index (χ0v) is 18.7. The standard InChI is InChI=1S/C28H31N3O/c1-3-5-11-22-18-24-23-12-6-7-13-25(23)30-27(24)28(31(22)26(32)4-2)19-14-16-21(17-15-19)29-20-9-8-10-20/h2,6-7,12-17,20,22,28-30H,3,5,8-11,18H2,1H3/t22-,28-/m0/s1. The van der Waals surface area contributed by atoms with Gasteiger partial charge in [-0.25, -0.2) is 0 Å². The minimum Gasteiger partial charge on any atom is -0.382 e. The van der Waals surface area contributed by atoms with Crippen molar-refractivity contribution in [2.45, 2.75) is 70.0 Å². The van der Waals surface area contributed by atoms with Gasteiger partial charge in [-0.15, -0.1) is 6.42 Å². The van der Waals surface area contributed by atoms with Crippen LogP contribution in [0.25, 0.3) is 10.9 Å². The van der Waals surface area contributed by atoms with Crippen LogP contribution in [0.4, 0.5) is 5.69 Å². The van der Waals surface area contributed by atoms with E-state index >= 15 is 0 Å². The van der Waals surface area contributed by atoms with E-state index in [1.165, 1.54) is 30.2 Å². The number of terminal acetylenes is 1. The number of aromatic nitrogens is 1. The molecule has 4 nitrogen and oxygen atoms in total. The van der Waals surface area contributed by atoms with Gasteiger partial charge >= 0.3 is 0 Å². The first kappa shape index (κ1) is 20.7. The van der Waals surface area contributed by atoms with Gasteiger partial charge in [-0.3, -0.25) is 4.79 Å². The molecule has 0 radical (unpaired) electrons. The SMILES string of the molecule is C#CC(=O)N1[C@@H](CCCC)Cc2c([nH]c3ccccc23)[C@@H]1c1ccc(NC2CCC2)cc1. The fourth-order valence-corrected chi connectivity index (χ4v) is 5.27. The number of nitrogens with one attached hydrogen (secondary N) is 2. The second-order valence-corrected chi connectivity index (χ2v) is 9.22. The molecule has 32 heavy (non-hydrogen) atoms. The van der Waals surface area contributed by atoms with Gasteiger partial charge in [-0.2, -0.15) is 0 Å². The average Bonchev–Trinajstić information content (AvgIpc) is 3.17. The lowest BCUT2D eigenvalue weighted by Crippen LogP contribution is -2.47. The van der Waals surface area contributed by atoms with Gasteiger partial charge in [0.25, 0.3) is 5.91 Å². The van der Waals surface area contributed by atoms with Crippen LogP contribution in [0.3, 0.4) is 0 Å². The summed E-state index contributed by atoms with van der Waals surface area (Å²) in [6.07, 6.45) is 13.4. The van der Waals surface area contributed by atoms with Crippen LogP contribution in [0, 0.1) is 12.3 Å². The molecule has 1 aromatic heterocycles. The summed E-state index contributed by atoms with van der Waals surface area (Å²) in [4.78, 5) is 18.7. The number of nitrogens with zero attached hydrogens (tertiary/aromatic N) is 1. The second kappa shape index (κ2) is 8.74. The Bertz CT molecular complexity index is 1150. The van der Waals surface area contributed by atoms with E-state index in [0.717, 1.165) is 48.1 Å². The lowest BCUT2D eigenvalue weighted by atomic mass is 9.86. The number of unbranched alkanes of at least 4 members (excludes halogenated alkanes) is 1. The summed E-state index contributed by atoms with van der Waals surface area (Å²) in [5, 5.41) is 4.86. The number of H-pyrrole nitrogens is 1. The Labute approximate surface area is 190 Å². The molecule has 0 unspecified atom stereocenters. The summed E-state index contributed by atoms with van der Waals surface area (Å²) >= 11 is 0. The van der Waals surface area contributed by atoms with Crippen LogP contribution < -0.4 is 5.32 Å². The number of rotatable bonds is 6. The molecule has 2 heterocycles. The van der Waals surface area contributed by atoms with Crippen LogP contribution in [0.1, 0.15) is 68.3 Å². The largest absolute Gasteiger partial charge is 0.382 e. The van der Waals surface area contributed by atoms with Crippen molar-refractivity contribution in [3.05, 3.63) is 65.4 Å². The minimum absolute atomic E-state index is 0.1000. The Morgan fingerprint density at radius 1 is 1.19 bits per heavy atom. The van der Waals surface area contributed by atoms with Crippen LogP contribution in [0.5, 0.6) is 0 Å². The van der Waals surface area contributed by atoms with Gasteiger partial charge < -0.3 is 15.2 Å². The van der Waals surface area contributed by atoms with Gasteiger partial charge in [-0.1, -0.05) is 50.1 Å². The number of carbonyl (C=O) groups is 1. The van der Waals surface area contributed by atoms with Crippen molar-refractivity contribution < 1.29 is 4.79 Å². The first-order valence-corrected chi connectivity index (χ1v) is 11.9. The van der Waals surface area contributed by atoms with Crippen LogP contribution in [0.2, 0.25) is 0 Å². The summed E-state index contributed by atoms with van der Waals surface area (Å²) in [5.41, 5.74) is 5.78. The molecule has 1 aliphatic carbocycles. The molecule has 2 atom stereocenters. The smallest absolute Gasteiger partial charge is 0.299 e. The third-order valence-corrected chi connectivity index (χ3v) is 7.18. The van der Waals surface area contributed by atoms with Gasteiger partial charge in [0.1, 0.15) is 0 Å². The van der Waals surface area contributed by atoms with Gasteiger partial charge in [0.2, 0.25) is 0 Å². The molecule has 2 N–H and O–H groups in total. The number of fused-ring (bicyclic) bond motifs is 3. The first-order chi connectivity index (χ1) is 15.7. The van der Waals surface area contributed by atoms with E-state index in [2.05, 4.69) is 71.7 Å². The molecule has 0 bridgehead atoms. The fraction of sp³-hybridized carbons (Fsp3) is 0.393. The molecular formula is C28H31N3O. The summed E-state index contributed by atoms with van der Waals surface area (Å²) in [5.74, 6) is 2.19. The van der Waals surface area contributed by atoms with Crippen molar-refractivity contribution in [1.82, 2.24) is 9.88 Å². The van der Waals surface area contributed by atoms with E-state index in [1.54, 1.807) is 0 Å². The van der Waals surface area contributed by atoms with Crippen LogP contribution in [-0.4, -0.2) is 27.9 Å². The summed E-state index contributed by atoms with van der Waals surface area (Å²) in [7, 11) is 0. The van der Waals surface area contributed by atoms with E-state index in [9.17, 15) is 4.79 Å². The maximum absolute atomic E-state index is 13.1. The highest BCUT2D eigenvalue weighted by Crippen LogP contribution is 2.42. The maximum atomic E-state index is 13.1. The predicted octanol–water partition coefficient (Wildman–Crippen LogP) is 5.80. The van der Waals surface area contributed by atoms with Gasteiger partial charge in [0.05, 0.1) is 6.04 Å². The van der Waals surface area contributed by atoms with Crippen molar-refractivity contribution in [3.8, 4) is 12.3 Å². The molecule has 3 aromatic rings. The number of aromatic amines is 1. The van der Waals surface area contributed by atoms with E-state index in [-0.39, 0.29) is 18.0 Å². The number of benzene rings is 2. The Kier molecular flexibility index (Phi) is 5.66. The zero-order valence-electron chi connectivity index (χ0n) is 18.7.